The molecule has 0 bridgehead atoms. The minimum Gasteiger partial charge on any atom is -0.592 e. The molecule has 0 fully saturated rings. The fourth-order valence-corrected chi connectivity index (χ4v) is 0.632. The van der Waals surface area contributed by atoms with Gasteiger partial charge < -0.3 is 10.00 Å². The Morgan fingerprint density at radius 1 is 1.78 bits per heavy atom. The van der Waals surface area contributed by atoms with Gasteiger partial charge in [-0.2, -0.15) is 0 Å². The Balaban J connectivity index is 4.19. The SMILES string of the molecule is CC(C)C(N)(O)[P+](=O)[O-]. The van der Waals surface area contributed by atoms with Crippen LogP contribution in [0.25, 0.3) is 0 Å². The van der Waals surface area contributed by atoms with Gasteiger partial charge in [-0.1, -0.05) is 18.4 Å². The number of aliphatic hydroxyl groups is 1. The number of nitrogens with two attached hydrogens (primary N) is 1. The van der Waals surface area contributed by atoms with E-state index < -0.39 is 19.4 Å². The predicted octanol–water partition coefficient (Wildman–Crippen LogP) is -0.650. The molecule has 4 nitrogen and oxygen atoms in total. The van der Waals surface area contributed by atoms with Crippen molar-refractivity contribution in [3.05, 3.63) is 0 Å². The van der Waals surface area contributed by atoms with Gasteiger partial charge in [0.25, 0.3) is 0 Å². The van der Waals surface area contributed by atoms with Crippen molar-refractivity contribution in [1.82, 2.24) is 0 Å². The summed E-state index contributed by atoms with van der Waals surface area (Å²) in [6, 6.07) is 0. The van der Waals surface area contributed by atoms with Gasteiger partial charge in [0.15, 0.2) is 0 Å². The molecule has 2 atom stereocenters. The van der Waals surface area contributed by atoms with Crippen molar-refractivity contribution < 1.29 is 14.6 Å². The van der Waals surface area contributed by atoms with Gasteiger partial charge in [0.2, 0.25) is 0 Å². The molecule has 0 aromatic rings. The van der Waals surface area contributed by atoms with Crippen LogP contribution >= 0.6 is 8.03 Å². The quantitative estimate of drug-likeness (QED) is 0.405. The lowest BCUT2D eigenvalue weighted by molar-refractivity contribution is -0.182. The Labute approximate surface area is 54.6 Å². The minimum atomic E-state index is -2.95. The fourth-order valence-electron chi connectivity index (χ4n) is 0.211. The summed E-state index contributed by atoms with van der Waals surface area (Å²) in [5.41, 5.74) is 2.92. The van der Waals surface area contributed by atoms with Crippen LogP contribution in [0.4, 0.5) is 0 Å². The van der Waals surface area contributed by atoms with Gasteiger partial charge in [-0.15, -0.1) is 0 Å². The Morgan fingerprint density at radius 2 is 2.11 bits per heavy atom. The zero-order valence-electron chi connectivity index (χ0n) is 5.37. The van der Waals surface area contributed by atoms with Crippen LogP contribution in [0.3, 0.4) is 0 Å². The molecule has 0 aromatic heterocycles. The van der Waals surface area contributed by atoms with Crippen LogP contribution in [-0.2, 0) is 4.57 Å². The largest absolute Gasteiger partial charge is 0.592 e. The Morgan fingerprint density at radius 3 is 2.11 bits per heavy atom. The van der Waals surface area contributed by atoms with Crippen molar-refractivity contribution in [2.75, 3.05) is 0 Å². The van der Waals surface area contributed by atoms with E-state index in [-0.39, 0.29) is 0 Å². The summed E-state index contributed by atoms with van der Waals surface area (Å²) in [7, 11) is -2.95. The molecule has 0 saturated heterocycles. The molecule has 0 heterocycles. The first-order chi connectivity index (χ1) is 3.89. The third-order valence-corrected chi connectivity index (χ3v) is 2.24. The maximum Gasteiger partial charge on any atom is 0.362 e. The summed E-state index contributed by atoms with van der Waals surface area (Å²) in [6.45, 7) is 3.07. The molecule has 2 unspecified atom stereocenters. The highest BCUT2D eigenvalue weighted by atomic mass is 31.1. The van der Waals surface area contributed by atoms with E-state index in [0.717, 1.165) is 0 Å². The van der Waals surface area contributed by atoms with Crippen LogP contribution in [0, 0.1) is 5.92 Å². The van der Waals surface area contributed by atoms with Crippen molar-refractivity contribution in [2.45, 2.75) is 19.3 Å². The van der Waals surface area contributed by atoms with Crippen LogP contribution < -0.4 is 10.6 Å². The Bertz CT molecular complexity index is 123. The molecule has 0 aliphatic rings. The second-order valence-corrected chi connectivity index (χ2v) is 3.43. The smallest absolute Gasteiger partial charge is 0.362 e. The molecule has 0 aromatic carbocycles. The van der Waals surface area contributed by atoms with Gasteiger partial charge in [-0.05, 0) is 0 Å². The average Bonchev–Trinajstić information content (AvgIpc) is 1.65. The summed E-state index contributed by atoms with van der Waals surface area (Å²) >= 11 is 0. The van der Waals surface area contributed by atoms with Gasteiger partial charge >= 0.3 is 13.5 Å². The van der Waals surface area contributed by atoms with Crippen molar-refractivity contribution >= 4 is 8.03 Å². The lowest BCUT2D eigenvalue weighted by Crippen LogP contribution is -2.43. The van der Waals surface area contributed by atoms with E-state index in [2.05, 4.69) is 0 Å². The third kappa shape index (κ3) is 1.99. The minimum absolute atomic E-state index is 0.474. The molecule has 0 radical (unpaired) electrons. The lowest BCUT2D eigenvalue weighted by atomic mass is 10.2. The number of rotatable bonds is 2. The summed E-state index contributed by atoms with van der Waals surface area (Å²) in [5, 5.41) is 8.85. The van der Waals surface area contributed by atoms with Crippen LogP contribution in [0.2, 0.25) is 0 Å². The van der Waals surface area contributed by atoms with Gasteiger partial charge in [-0.3, -0.25) is 5.73 Å². The molecule has 0 spiro atoms. The topological polar surface area (TPSA) is 86.4 Å². The second kappa shape index (κ2) is 2.71. The van der Waals surface area contributed by atoms with Crippen molar-refractivity contribution in [2.24, 2.45) is 11.7 Å². The zero-order chi connectivity index (χ0) is 7.65. The Hall–Kier alpha value is -0.0200. The maximum absolute atomic E-state index is 10.1. The fraction of sp³-hybridized carbons (Fsp3) is 1.00. The molecule has 0 saturated carbocycles. The molecule has 0 amide bonds. The normalized spacial score (nSPS) is 19.6. The number of hydrogen-bond donors (Lipinski definition) is 2. The highest BCUT2D eigenvalue weighted by Gasteiger charge is 2.39. The molecule has 0 aliphatic heterocycles. The van der Waals surface area contributed by atoms with Gasteiger partial charge in [-0.25, -0.2) is 0 Å². The van der Waals surface area contributed by atoms with Crippen molar-refractivity contribution in [3.63, 3.8) is 0 Å². The Kier molecular flexibility index (Phi) is 2.70. The zero-order valence-corrected chi connectivity index (χ0v) is 6.26. The first kappa shape index (κ1) is 8.98. The molecule has 54 valence electrons. The summed E-state index contributed by atoms with van der Waals surface area (Å²) in [5.74, 6) is -0.474. The highest BCUT2D eigenvalue weighted by molar-refractivity contribution is 7.38. The summed E-state index contributed by atoms with van der Waals surface area (Å²) in [6.07, 6.45) is 0. The first-order valence-electron chi connectivity index (χ1n) is 2.54. The van der Waals surface area contributed by atoms with E-state index in [9.17, 15) is 9.46 Å². The van der Waals surface area contributed by atoms with Crippen LogP contribution in [0.15, 0.2) is 0 Å². The molecule has 3 N–H and O–H groups in total. The van der Waals surface area contributed by atoms with E-state index in [1.54, 1.807) is 0 Å². The lowest BCUT2D eigenvalue weighted by Gasteiger charge is -2.16. The molecule has 0 aliphatic carbocycles. The van der Waals surface area contributed by atoms with Gasteiger partial charge in [0.1, 0.15) is 0 Å². The molecule has 0 rings (SSSR count). The second-order valence-electron chi connectivity index (χ2n) is 2.19. The van der Waals surface area contributed by atoms with Gasteiger partial charge in [0.05, 0.1) is 0 Å². The standard InChI is InChI=1S/C4H10NO3P/c1-3(2)4(5,6)9(7)8/h3,6H,5H2,1-2H3. The van der Waals surface area contributed by atoms with E-state index in [1.807, 2.05) is 0 Å². The molecular weight excluding hydrogens is 141 g/mol. The number of hydrogen-bond acceptors (Lipinski definition) is 4. The summed E-state index contributed by atoms with van der Waals surface area (Å²) in [4.78, 5) is 10.1. The molecule has 9 heavy (non-hydrogen) atoms. The van der Waals surface area contributed by atoms with E-state index >= 15 is 0 Å². The average molecular weight is 151 g/mol. The molecular formula is C4H10NO3P. The molecule has 5 heteroatoms. The third-order valence-electron chi connectivity index (χ3n) is 1.14. The maximum atomic E-state index is 10.1. The van der Waals surface area contributed by atoms with E-state index in [1.165, 1.54) is 13.8 Å². The first-order valence-corrected chi connectivity index (χ1v) is 3.72. The van der Waals surface area contributed by atoms with Gasteiger partial charge in [0, 0.05) is 5.92 Å². The monoisotopic (exact) mass is 151 g/mol. The predicted molar refractivity (Wildman–Crippen MR) is 31.6 cm³/mol. The van der Waals surface area contributed by atoms with E-state index in [0.29, 0.717) is 0 Å². The summed E-state index contributed by atoms with van der Waals surface area (Å²) < 4.78 is 10.1. The van der Waals surface area contributed by atoms with Crippen molar-refractivity contribution in [3.8, 4) is 0 Å². The van der Waals surface area contributed by atoms with E-state index in [4.69, 9.17) is 10.8 Å². The van der Waals surface area contributed by atoms with Crippen LogP contribution in [0.1, 0.15) is 13.8 Å². The van der Waals surface area contributed by atoms with Crippen LogP contribution in [0.5, 0.6) is 0 Å². The van der Waals surface area contributed by atoms with Crippen LogP contribution in [-0.4, -0.2) is 10.6 Å². The highest BCUT2D eigenvalue weighted by Crippen LogP contribution is 2.29. The van der Waals surface area contributed by atoms with Crippen molar-refractivity contribution in [1.29, 1.82) is 0 Å².